The number of nitrogens with two attached hydrogens (primary N) is 1. The third kappa shape index (κ3) is 2.76. The van der Waals surface area contributed by atoms with Gasteiger partial charge < -0.3 is 11.1 Å². The fraction of sp³-hybridized carbons (Fsp3) is 0.273. The Morgan fingerprint density at radius 2 is 2.06 bits per heavy atom. The van der Waals surface area contributed by atoms with Gasteiger partial charge in [-0.1, -0.05) is 6.07 Å². The highest BCUT2D eigenvalue weighted by atomic mass is 79.9. The van der Waals surface area contributed by atoms with Crippen LogP contribution < -0.4 is 16.0 Å². The Bertz CT molecular complexity index is 450. The Labute approximate surface area is 109 Å². The van der Waals surface area contributed by atoms with Gasteiger partial charge in [-0.2, -0.15) is 0 Å². The van der Waals surface area contributed by atoms with Crippen molar-refractivity contribution in [2.45, 2.75) is 13.8 Å². The van der Waals surface area contributed by atoms with Gasteiger partial charge in [0.2, 0.25) is 5.96 Å². The molecule has 1 aromatic rings. The highest BCUT2D eigenvalue weighted by molar-refractivity contribution is 9.10. The molecule has 92 valence electrons. The lowest BCUT2D eigenvalue weighted by molar-refractivity contribution is 0.251. The molecule has 0 aliphatic rings. The average Bonchev–Trinajstić information content (AvgIpc) is 2.21. The molecule has 1 aromatic carbocycles. The molecule has 0 aliphatic carbocycles. The second kappa shape index (κ2) is 5.18. The molecule has 0 saturated carbocycles. The second-order valence-corrected chi connectivity index (χ2v) is 4.54. The SMILES string of the molecule is CNC(=O)N(C(=N)N)c1c(C)cc(C)cc1Br. The fourth-order valence-electron chi connectivity index (χ4n) is 1.63. The topological polar surface area (TPSA) is 82.2 Å². The molecule has 0 heterocycles. The van der Waals surface area contributed by atoms with Gasteiger partial charge in [0.1, 0.15) is 0 Å². The molecule has 0 radical (unpaired) electrons. The van der Waals surface area contributed by atoms with Crippen molar-refractivity contribution in [1.82, 2.24) is 5.32 Å². The monoisotopic (exact) mass is 298 g/mol. The summed E-state index contributed by atoms with van der Waals surface area (Å²) in [7, 11) is 1.50. The van der Waals surface area contributed by atoms with Gasteiger partial charge in [0.25, 0.3) is 0 Å². The van der Waals surface area contributed by atoms with Crippen LogP contribution in [0, 0.1) is 19.3 Å². The van der Waals surface area contributed by atoms with Gasteiger partial charge in [0.05, 0.1) is 5.69 Å². The summed E-state index contributed by atoms with van der Waals surface area (Å²) in [5.74, 6) is -0.322. The van der Waals surface area contributed by atoms with Crippen molar-refractivity contribution in [2.24, 2.45) is 5.73 Å². The number of halogens is 1. The van der Waals surface area contributed by atoms with E-state index in [-0.39, 0.29) is 5.96 Å². The normalized spacial score (nSPS) is 9.88. The summed E-state index contributed by atoms with van der Waals surface area (Å²) in [5, 5.41) is 9.95. The van der Waals surface area contributed by atoms with Crippen LogP contribution in [0.15, 0.2) is 16.6 Å². The first kappa shape index (κ1) is 13.5. The molecule has 4 N–H and O–H groups in total. The van der Waals surface area contributed by atoms with E-state index in [0.29, 0.717) is 5.69 Å². The second-order valence-electron chi connectivity index (χ2n) is 3.69. The zero-order valence-corrected chi connectivity index (χ0v) is 11.6. The molecule has 0 bridgehead atoms. The number of urea groups is 1. The minimum absolute atomic E-state index is 0.322. The van der Waals surface area contributed by atoms with Crippen LogP contribution in [0.2, 0.25) is 0 Å². The number of carbonyl (C=O) groups is 1. The van der Waals surface area contributed by atoms with Crippen LogP contribution in [0.1, 0.15) is 11.1 Å². The van der Waals surface area contributed by atoms with E-state index in [0.717, 1.165) is 20.5 Å². The summed E-state index contributed by atoms with van der Waals surface area (Å²) in [6.45, 7) is 3.82. The summed E-state index contributed by atoms with van der Waals surface area (Å²) in [6, 6.07) is 3.37. The maximum Gasteiger partial charge on any atom is 0.328 e. The number of anilines is 1. The lowest BCUT2D eigenvalue weighted by atomic mass is 10.1. The van der Waals surface area contributed by atoms with Crippen molar-refractivity contribution < 1.29 is 4.79 Å². The Hall–Kier alpha value is -1.56. The van der Waals surface area contributed by atoms with Gasteiger partial charge in [-0.25, -0.2) is 9.69 Å². The molecular weight excluding hydrogens is 284 g/mol. The van der Waals surface area contributed by atoms with Gasteiger partial charge in [0.15, 0.2) is 0 Å². The first-order valence-corrected chi connectivity index (χ1v) is 5.80. The fourth-order valence-corrected chi connectivity index (χ4v) is 2.49. The standard InChI is InChI=1S/C11H15BrN4O/c1-6-4-7(2)9(8(12)5-6)16(10(13)14)11(17)15-3/h4-5H,1-3H3,(H3,13,14)(H,15,17). The summed E-state index contributed by atoms with van der Waals surface area (Å²) < 4.78 is 0.730. The van der Waals surface area contributed by atoms with Crippen molar-refractivity contribution in [2.75, 3.05) is 11.9 Å². The van der Waals surface area contributed by atoms with E-state index < -0.39 is 6.03 Å². The van der Waals surface area contributed by atoms with E-state index in [4.69, 9.17) is 11.1 Å². The largest absolute Gasteiger partial charge is 0.369 e. The number of benzene rings is 1. The summed E-state index contributed by atoms with van der Waals surface area (Å²) in [4.78, 5) is 12.8. The molecule has 2 amide bonds. The number of carbonyl (C=O) groups excluding carboxylic acids is 1. The van der Waals surface area contributed by atoms with Crippen LogP contribution in [-0.4, -0.2) is 19.0 Å². The third-order valence-electron chi connectivity index (χ3n) is 2.28. The van der Waals surface area contributed by atoms with Crippen LogP contribution in [0.5, 0.6) is 0 Å². The molecule has 0 atom stereocenters. The number of nitrogens with zero attached hydrogens (tertiary/aromatic N) is 1. The van der Waals surface area contributed by atoms with E-state index in [1.165, 1.54) is 7.05 Å². The van der Waals surface area contributed by atoms with Gasteiger partial charge in [-0.3, -0.25) is 5.41 Å². The van der Waals surface area contributed by atoms with Crippen LogP contribution in [0.4, 0.5) is 10.5 Å². The Balaban J connectivity index is 3.38. The molecule has 0 saturated heterocycles. The van der Waals surface area contributed by atoms with E-state index in [1.54, 1.807) is 0 Å². The molecule has 0 aromatic heterocycles. The number of amides is 2. The number of rotatable bonds is 1. The molecule has 0 fully saturated rings. The molecular formula is C11H15BrN4O. The molecule has 1 rings (SSSR count). The molecule has 0 unspecified atom stereocenters. The quantitative estimate of drug-likeness (QED) is 0.548. The van der Waals surface area contributed by atoms with E-state index in [1.807, 2.05) is 26.0 Å². The predicted octanol–water partition coefficient (Wildman–Crippen LogP) is 2.11. The first-order valence-electron chi connectivity index (χ1n) is 5.01. The minimum atomic E-state index is -0.440. The molecule has 17 heavy (non-hydrogen) atoms. The zero-order valence-electron chi connectivity index (χ0n) is 9.97. The summed E-state index contributed by atoms with van der Waals surface area (Å²) in [5.41, 5.74) is 7.97. The lowest BCUT2D eigenvalue weighted by Crippen LogP contribution is -2.46. The molecule has 6 heteroatoms. The highest BCUT2D eigenvalue weighted by Gasteiger charge is 2.21. The lowest BCUT2D eigenvalue weighted by Gasteiger charge is -2.23. The van der Waals surface area contributed by atoms with Gasteiger partial charge in [0, 0.05) is 11.5 Å². The van der Waals surface area contributed by atoms with Crippen LogP contribution in [0.25, 0.3) is 0 Å². The predicted molar refractivity (Wildman–Crippen MR) is 72.5 cm³/mol. The van der Waals surface area contributed by atoms with Gasteiger partial charge >= 0.3 is 6.03 Å². The number of aryl methyl sites for hydroxylation is 2. The Kier molecular flexibility index (Phi) is 4.11. The van der Waals surface area contributed by atoms with E-state index in [2.05, 4.69) is 21.2 Å². The molecule has 5 nitrogen and oxygen atoms in total. The number of hydrogen-bond acceptors (Lipinski definition) is 2. The molecule has 0 aliphatic heterocycles. The maximum absolute atomic E-state index is 11.7. The smallest absolute Gasteiger partial charge is 0.328 e. The number of nitrogens with one attached hydrogen (secondary N) is 2. The van der Waals surface area contributed by atoms with Gasteiger partial charge in [-0.05, 0) is 47.0 Å². The van der Waals surface area contributed by atoms with Crippen LogP contribution in [-0.2, 0) is 0 Å². The van der Waals surface area contributed by atoms with E-state index in [9.17, 15) is 4.79 Å². The highest BCUT2D eigenvalue weighted by Crippen LogP contribution is 2.31. The molecule has 0 spiro atoms. The van der Waals surface area contributed by atoms with Crippen molar-refractivity contribution >= 4 is 33.6 Å². The minimum Gasteiger partial charge on any atom is -0.369 e. The van der Waals surface area contributed by atoms with Crippen molar-refractivity contribution in [3.8, 4) is 0 Å². The number of hydrogen-bond donors (Lipinski definition) is 3. The first-order chi connectivity index (χ1) is 7.88. The number of guanidine groups is 1. The third-order valence-corrected chi connectivity index (χ3v) is 2.88. The summed E-state index contributed by atoms with van der Waals surface area (Å²) >= 11 is 3.39. The van der Waals surface area contributed by atoms with Crippen LogP contribution in [0.3, 0.4) is 0 Å². The Morgan fingerprint density at radius 1 is 1.47 bits per heavy atom. The Morgan fingerprint density at radius 3 is 2.47 bits per heavy atom. The van der Waals surface area contributed by atoms with Crippen LogP contribution >= 0.6 is 15.9 Å². The zero-order chi connectivity index (χ0) is 13.2. The van der Waals surface area contributed by atoms with Gasteiger partial charge in [-0.15, -0.1) is 0 Å². The van der Waals surface area contributed by atoms with Crippen molar-refractivity contribution in [1.29, 1.82) is 5.41 Å². The van der Waals surface area contributed by atoms with E-state index >= 15 is 0 Å². The maximum atomic E-state index is 11.7. The summed E-state index contributed by atoms with van der Waals surface area (Å²) in [6.07, 6.45) is 0. The average molecular weight is 299 g/mol. The van der Waals surface area contributed by atoms with Crippen molar-refractivity contribution in [3.05, 3.63) is 27.7 Å². The van der Waals surface area contributed by atoms with Crippen molar-refractivity contribution in [3.63, 3.8) is 0 Å².